The zero-order valence-electron chi connectivity index (χ0n) is 7.81. The molecule has 0 saturated heterocycles. The average molecular weight is 232 g/mol. The van der Waals surface area contributed by atoms with Crippen LogP contribution in [0.1, 0.15) is 0 Å². The number of hydrogen-bond donors (Lipinski definition) is 1. The summed E-state index contributed by atoms with van der Waals surface area (Å²) in [5, 5.41) is 11.3. The van der Waals surface area contributed by atoms with E-state index in [0.29, 0.717) is 5.00 Å². The molecule has 0 fully saturated rings. The topological polar surface area (TPSA) is 49.8 Å². The Balaban J connectivity index is 2.40. The molecule has 0 saturated carbocycles. The highest BCUT2D eigenvalue weighted by atomic mass is 32.2. The third-order valence-electron chi connectivity index (χ3n) is 1.94. The summed E-state index contributed by atoms with van der Waals surface area (Å²) >= 11 is 2.62. The molecule has 0 bridgehead atoms. The molecule has 4 heteroatoms. The van der Waals surface area contributed by atoms with Crippen molar-refractivity contribution in [1.29, 1.82) is 5.26 Å². The fourth-order valence-corrected chi connectivity index (χ4v) is 2.79. The Morgan fingerprint density at radius 2 is 2.00 bits per heavy atom. The molecule has 2 aromatic rings. The molecule has 0 amide bonds. The summed E-state index contributed by atoms with van der Waals surface area (Å²) < 4.78 is 0. The molecule has 2 rings (SSSR count). The first-order valence-electron chi connectivity index (χ1n) is 4.32. The van der Waals surface area contributed by atoms with Crippen LogP contribution in [0, 0.1) is 10.7 Å². The van der Waals surface area contributed by atoms with Crippen LogP contribution in [0.25, 0.3) is 10.4 Å². The fourth-order valence-electron chi connectivity index (χ4n) is 1.26. The van der Waals surface area contributed by atoms with E-state index in [2.05, 4.69) is 0 Å². The van der Waals surface area contributed by atoms with Gasteiger partial charge in [-0.3, -0.25) is 0 Å². The molecule has 0 aliphatic rings. The zero-order chi connectivity index (χ0) is 10.7. The number of nitriles is 1. The van der Waals surface area contributed by atoms with Gasteiger partial charge in [0.25, 0.3) is 0 Å². The molecule has 2 nitrogen and oxygen atoms in total. The Labute approximate surface area is 96.3 Å². The zero-order valence-corrected chi connectivity index (χ0v) is 9.44. The second-order valence-electron chi connectivity index (χ2n) is 2.90. The molecule has 74 valence electrons. The maximum atomic E-state index is 8.59. The highest BCUT2D eigenvalue weighted by molar-refractivity contribution is 8.04. The molecule has 0 aliphatic heterocycles. The Bertz CT molecular complexity index is 497. The lowest BCUT2D eigenvalue weighted by Crippen LogP contribution is -1.78. The predicted octanol–water partition coefficient (Wildman–Crippen LogP) is 3.57. The highest BCUT2D eigenvalue weighted by Gasteiger charge is 2.07. The normalized spacial score (nSPS) is 9.80. The van der Waals surface area contributed by atoms with Gasteiger partial charge >= 0.3 is 0 Å². The fraction of sp³-hybridized carbons (Fsp3) is 0. The van der Waals surface area contributed by atoms with Crippen LogP contribution in [-0.4, -0.2) is 0 Å². The van der Waals surface area contributed by atoms with Crippen molar-refractivity contribution in [2.24, 2.45) is 0 Å². The number of hydrogen-bond acceptors (Lipinski definition) is 4. The summed E-state index contributed by atoms with van der Waals surface area (Å²) in [6.45, 7) is 0. The first-order valence-corrected chi connectivity index (χ1v) is 5.95. The van der Waals surface area contributed by atoms with Gasteiger partial charge in [-0.25, -0.2) is 0 Å². The Kier molecular flexibility index (Phi) is 2.95. The van der Waals surface area contributed by atoms with Crippen molar-refractivity contribution in [3.05, 3.63) is 36.4 Å². The number of nitrogens with zero attached hydrogens (tertiary/aromatic N) is 1. The summed E-state index contributed by atoms with van der Waals surface area (Å²) in [7, 11) is 0. The second kappa shape index (κ2) is 4.39. The molecule has 1 heterocycles. The molecule has 0 radical (unpaired) electrons. The van der Waals surface area contributed by atoms with Crippen LogP contribution >= 0.6 is 23.1 Å². The molecule has 15 heavy (non-hydrogen) atoms. The third kappa shape index (κ3) is 2.14. The lowest BCUT2D eigenvalue weighted by Gasteiger charge is -1.93. The van der Waals surface area contributed by atoms with Crippen molar-refractivity contribution in [3.8, 4) is 15.8 Å². The maximum Gasteiger partial charge on any atom is 0.138 e. The van der Waals surface area contributed by atoms with E-state index < -0.39 is 0 Å². The van der Waals surface area contributed by atoms with E-state index in [1.54, 1.807) is 0 Å². The first kappa shape index (κ1) is 10.1. The Morgan fingerprint density at radius 1 is 1.27 bits per heavy atom. The van der Waals surface area contributed by atoms with Gasteiger partial charge < -0.3 is 5.73 Å². The van der Waals surface area contributed by atoms with Crippen molar-refractivity contribution >= 4 is 28.1 Å². The molecule has 0 unspecified atom stereocenters. The van der Waals surface area contributed by atoms with Crippen LogP contribution in [0.4, 0.5) is 5.00 Å². The summed E-state index contributed by atoms with van der Waals surface area (Å²) in [5.41, 5.74) is 6.95. The van der Waals surface area contributed by atoms with E-state index in [9.17, 15) is 0 Å². The van der Waals surface area contributed by atoms with E-state index >= 15 is 0 Å². The minimum absolute atomic E-state index is 0.709. The number of nitrogen functional groups attached to an aromatic ring is 1. The Hall–Kier alpha value is -1.44. The number of nitrogens with two attached hydrogens (primary N) is 1. The van der Waals surface area contributed by atoms with E-state index in [0.717, 1.165) is 27.1 Å². The van der Waals surface area contributed by atoms with Crippen LogP contribution in [0.15, 0.2) is 41.3 Å². The molecule has 0 atom stereocenters. The SMILES string of the molecule is N#CSc1cc(-c2ccccc2)sc1N. The maximum absolute atomic E-state index is 8.59. The monoisotopic (exact) mass is 232 g/mol. The number of thiophene rings is 1. The van der Waals surface area contributed by atoms with Gasteiger partial charge in [-0.05, 0) is 23.4 Å². The van der Waals surface area contributed by atoms with Crippen molar-refractivity contribution in [2.45, 2.75) is 4.90 Å². The van der Waals surface area contributed by atoms with Gasteiger partial charge in [-0.15, -0.1) is 11.3 Å². The standard InChI is InChI=1S/C11H8N2S2/c12-7-14-10-6-9(15-11(10)13)8-4-2-1-3-5-8/h1-6H,13H2. The number of thiocyanates is 1. The van der Waals surface area contributed by atoms with E-state index in [1.165, 1.54) is 11.3 Å². The minimum Gasteiger partial charge on any atom is -0.390 e. The van der Waals surface area contributed by atoms with Crippen molar-refractivity contribution < 1.29 is 0 Å². The van der Waals surface area contributed by atoms with Gasteiger partial charge in [0.15, 0.2) is 0 Å². The summed E-state index contributed by atoms with van der Waals surface area (Å²) in [6, 6.07) is 12.0. The van der Waals surface area contributed by atoms with Gasteiger partial charge in [0, 0.05) is 4.88 Å². The van der Waals surface area contributed by atoms with Gasteiger partial charge in [0.2, 0.25) is 0 Å². The van der Waals surface area contributed by atoms with Gasteiger partial charge in [0.05, 0.1) is 4.90 Å². The van der Waals surface area contributed by atoms with Gasteiger partial charge in [-0.2, -0.15) is 5.26 Å². The van der Waals surface area contributed by atoms with Crippen molar-refractivity contribution in [1.82, 2.24) is 0 Å². The van der Waals surface area contributed by atoms with Crippen LogP contribution in [0.3, 0.4) is 0 Å². The van der Waals surface area contributed by atoms with E-state index in [4.69, 9.17) is 11.0 Å². The molecular weight excluding hydrogens is 224 g/mol. The summed E-state index contributed by atoms with van der Waals surface area (Å²) in [4.78, 5) is 1.95. The molecule has 2 N–H and O–H groups in total. The summed E-state index contributed by atoms with van der Waals surface area (Å²) in [5.74, 6) is 0. The predicted molar refractivity (Wildman–Crippen MR) is 65.6 cm³/mol. The minimum atomic E-state index is 0.709. The first-order chi connectivity index (χ1) is 7.31. The van der Waals surface area contributed by atoms with Crippen molar-refractivity contribution in [2.75, 3.05) is 5.73 Å². The molecule has 0 aliphatic carbocycles. The number of benzene rings is 1. The molecule has 0 spiro atoms. The number of thioether (sulfide) groups is 1. The molecule has 1 aromatic carbocycles. The van der Waals surface area contributed by atoms with E-state index in [-0.39, 0.29) is 0 Å². The quantitative estimate of drug-likeness (QED) is 0.636. The van der Waals surface area contributed by atoms with Crippen LogP contribution in [0.2, 0.25) is 0 Å². The Morgan fingerprint density at radius 3 is 2.67 bits per heavy atom. The third-order valence-corrected chi connectivity index (χ3v) is 3.73. The van der Waals surface area contributed by atoms with Crippen LogP contribution in [0.5, 0.6) is 0 Å². The smallest absolute Gasteiger partial charge is 0.138 e. The second-order valence-corrected chi connectivity index (χ2v) is 4.81. The van der Waals surface area contributed by atoms with E-state index in [1.807, 2.05) is 41.8 Å². The van der Waals surface area contributed by atoms with Gasteiger partial charge in [-0.1, -0.05) is 30.3 Å². The molecule has 1 aromatic heterocycles. The largest absolute Gasteiger partial charge is 0.390 e. The van der Waals surface area contributed by atoms with Crippen LogP contribution < -0.4 is 5.73 Å². The number of rotatable bonds is 2. The average Bonchev–Trinajstić information content (AvgIpc) is 2.63. The van der Waals surface area contributed by atoms with Gasteiger partial charge in [0.1, 0.15) is 10.4 Å². The lowest BCUT2D eigenvalue weighted by molar-refractivity contribution is 1.55. The highest BCUT2D eigenvalue weighted by Crippen LogP contribution is 2.38. The molecular formula is C11H8N2S2. The van der Waals surface area contributed by atoms with Crippen molar-refractivity contribution in [3.63, 3.8) is 0 Å². The summed E-state index contributed by atoms with van der Waals surface area (Å²) in [6.07, 6.45) is 0. The van der Waals surface area contributed by atoms with Crippen LogP contribution in [-0.2, 0) is 0 Å². The number of anilines is 1. The lowest BCUT2D eigenvalue weighted by atomic mass is 10.2.